The molecule has 1 aromatic rings. The molecule has 0 radical (unpaired) electrons. The first-order valence-corrected chi connectivity index (χ1v) is 5.21. The second-order valence-corrected chi connectivity index (χ2v) is 3.54. The van der Waals surface area contributed by atoms with E-state index >= 15 is 0 Å². The predicted molar refractivity (Wildman–Crippen MR) is 64.2 cm³/mol. The minimum Gasteiger partial charge on any atom is -0.460 e. The Morgan fingerprint density at radius 2 is 2.25 bits per heavy atom. The zero-order valence-electron chi connectivity index (χ0n) is 9.13. The van der Waals surface area contributed by atoms with Gasteiger partial charge in [-0.3, -0.25) is 5.41 Å². The molecule has 0 aliphatic heterocycles. The minimum absolute atomic E-state index is 0.247. The number of amidine groups is 1. The van der Waals surface area contributed by atoms with E-state index in [1.165, 1.54) is 0 Å². The van der Waals surface area contributed by atoms with Crippen molar-refractivity contribution >= 4 is 29.1 Å². The van der Waals surface area contributed by atoms with Gasteiger partial charge < -0.3 is 10.1 Å². The molecule has 86 valence electrons. The standard InChI is InChI=1S/C11H13ClN2O2/c1-3-16-11(15)10(13)14-9-6-4-5-8(12)7(9)2/h4-6H,3H2,1-2H3,(H2,13,14). The van der Waals surface area contributed by atoms with Crippen LogP contribution in [-0.2, 0) is 9.53 Å². The van der Waals surface area contributed by atoms with Crippen LogP contribution in [0.1, 0.15) is 12.5 Å². The van der Waals surface area contributed by atoms with Crippen molar-refractivity contribution in [3.8, 4) is 0 Å². The first kappa shape index (κ1) is 12.5. The smallest absolute Gasteiger partial charge is 0.373 e. The molecule has 2 N–H and O–H groups in total. The number of anilines is 1. The van der Waals surface area contributed by atoms with Gasteiger partial charge in [0.2, 0.25) is 5.84 Å². The maximum absolute atomic E-state index is 11.2. The van der Waals surface area contributed by atoms with E-state index < -0.39 is 5.97 Å². The molecule has 0 aliphatic carbocycles. The lowest BCUT2D eigenvalue weighted by molar-refractivity contribution is -0.135. The van der Waals surface area contributed by atoms with E-state index in [1.54, 1.807) is 25.1 Å². The zero-order valence-corrected chi connectivity index (χ0v) is 9.89. The molecule has 0 fully saturated rings. The molecule has 4 nitrogen and oxygen atoms in total. The van der Waals surface area contributed by atoms with E-state index in [4.69, 9.17) is 17.0 Å². The molecule has 0 spiro atoms. The summed E-state index contributed by atoms with van der Waals surface area (Å²) in [6, 6.07) is 5.24. The van der Waals surface area contributed by atoms with Crippen LogP contribution >= 0.6 is 11.6 Å². The maximum atomic E-state index is 11.2. The van der Waals surface area contributed by atoms with Crippen molar-refractivity contribution < 1.29 is 9.53 Å². The Morgan fingerprint density at radius 1 is 1.56 bits per heavy atom. The van der Waals surface area contributed by atoms with Crippen molar-refractivity contribution in [2.45, 2.75) is 13.8 Å². The van der Waals surface area contributed by atoms with E-state index in [0.29, 0.717) is 10.7 Å². The first-order valence-electron chi connectivity index (χ1n) is 4.84. The molecule has 0 aromatic heterocycles. The highest BCUT2D eigenvalue weighted by molar-refractivity contribution is 6.39. The summed E-state index contributed by atoms with van der Waals surface area (Å²) in [6.45, 7) is 3.75. The maximum Gasteiger partial charge on any atom is 0.373 e. The second kappa shape index (κ2) is 5.51. The van der Waals surface area contributed by atoms with Gasteiger partial charge in [0.05, 0.1) is 6.61 Å². The quantitative estimate of drug-likeness (QED) is 0.475. The van der Waals surface area contributed by atoms with Gasteiger partial charge in [0.1, 0.15) is 0 Å². The number of hydrogen-bond donors (Lipinski definition) is 2. The van der Waals surface area contributed by atoms with Crippen LogP contribution < -0.4 is 5.32 Å². The molecule has 0 amide bonds. The average Bonchev–Trinajstić information content (AvgIpc) is 2.25. The van der Waals surface area contributed by atoms with Crippen LogP contribution in [0, 0.1) is 12.3 Å². The van der Waals surface area contributed by atoms with Crippen LogP contribution in [0.3, 0.4) is 0 Å². The van der Waals surface area contributed by atoms with Crippen LogP contribution in [0.4, 0.5) is 5.69 Å². The van der Waals surface area contributed by atoms with Crippen molar-refractivity contribution in [1.29, 1.82) is 5.41 Å². The number of rotatable bonds is 2. The van der Waals surface area contributed by atoms with Gasteiger partial charge in [-0.05, 0) is 31.5 Å². The fourth-order valence-electron chi connectivity index (χ4n) is 1.13. The fourth-order valence-corrected chi connectivity index (χ4v) is 1.31. The van der Waals surface area contributed by atoms with E-state index in [2.05, 4.69) is 10.1 Å². The average molecular weight is 241 g/mol. The molecule has 0 unspecified atom stereocenters. The molecule has 16 heavy (non-hydrogen) atoms. The Kier molecular flexibility index (Phi) is 4.31. The highest BCUT2D eigenvalue weighted by atomic mass is 35.5. The number of ether oxygens (including phenoxy) is 1. The third-order valence-electron chi connectivity index (χ3n) is 2.01. The van der Waals surface area contributed by atoms with Crippen molar-refractivity contribution in [2.24, 2.45) is 0 Å². The summed E-state index contributed by atoms with van der Waals surface area (Å²) < 4.78 is 4.69. The molecule has 0 heterocycles. The van der Waals surface area contributed by atoms with Crippen molar-refractivity contribution in [2.75, 3.05) is 11.9 Å². The van der Waals surface area contributed by atoms with Crippen LogP contribution in [0.5, 0.6) is 0 Å². The topological polar surface area (TPSA) is 62.2 Å². The Balaban J connectivity index is 2.77. The Bertz CT molecular complexity index is 418. The number of halogens is 1. The lowest BCUT2D eigenvalue weighted by atomic mass is 10.2. The van der Waals surface area contributed by atoms with Gasteiger partial charge in [-0.15, -0.1) is 0 Å². The molecular weight excluding hydrogens is 228 g/mol. The number of hydrogen-bond acceptors (Lipinski definition) is 3. The van der Waals surface area contributed by atoms with Gasteiger partial charge in [-0.2, -0.15) is 0 Å². The lowest BCUT2D eigenvalue weighted by Gasteiger charge is -2.10. The minimum atomic E-state index is -0.679. The van der Waals surface area contributed by atoms with Gasteiger partial charge >= 0.3 is 5.97 Å². The van der Waals surface area contributed by atoms with Crippen LogP contribution in [-0.4, -0.2) is 18.4 Å². The van der Waals surface area contributed by atoms with Crippen LogP contribution in [0.15, 0.2) is 18.2 Å². The summed E-state index contributed by atoms with van der Waals surface area (Å²) in [4.78, 5) is 11.2. The molecule has 1 aromatic carbocycles. The lowest BCUT2D eigenvalue weighted by Crippen LogP contribution is -2.24. The van der Waals surface area contributed by atoms with Crippen LogP contribution in [0.2, 0.25) is 5.02 Å². The Morgan fingerprint density at radius 3 is 2.88 bits per heavy atom. The second-order valence-electron chi connectivity index (χ2n) is 3.13. The van der Waals surface area contributed by atoms with E-state index in [-0.39, 0.29) is 12.4 Å². The number of nitrogens with one attached hydrogen (secondary N) is 2. The molecule has 1 rings (SSSR count). The van der Waals surface area contributed by atoms with Gasteiger partial charge in [-0.1, -0.05) is 17.7 Å². The van der Waals surface area contributed by atoms with Crippen molar-refractivity contribution in [1.82, 2.24) is 0 Å². The molecule has 0 atom stereocenters. The summed E-state index contributed by atoms with van der Waals surface area (Å²) in [6.07, 6.45) is 0. The summed E-state index contributed by atoms with van der Waals surface area (Å²) in [7, 11) is 0. The molecular formula is C11H13ClN2O2. The Hall–Kier alpha value is -1.55. The van der Waals surface area contributed by atoms with Crippen molar-refractivity contribution in [3.05, 3.63) is 28.8 Å². The molecule has 0 bridgehead atoms. The molecule has 0 saturated carbocycles. The predicted octanol–water partition coefficient (Wildman–Crippen LogP) is 2.60. The fraction of sp³-hybridized carbons (Fsp3) is 0.273. The number of benzene rings is 1. The van der Waals surface area contributed by atoms with E-state index in [9.17, 15) is 4.79 Å². The molecule has 5 heteroatoms. The normalized spacial score (nSPS) is 9.69. The van der Waals surface area contributed by atoms with Gasteiger partial charge in [-0.25, -0.2) is 4.79 Å². The molecule has 0 saturated heterocycles. The number of carbonyl (C=O) groups excluding carboxylic acids is 1. The zero-order chi connectivity index (χ0) is 12.1. The van der Waals surface area contributed by atoms with Gasteiger partial charge in [0, 0.05) is 10.7 Å². The summed E-state index contributed by atoms with van der Waals surface area (Å²) in [5, 5.41) is 10.7. The Labute approximate surface area is 99.1 Å². The number of esters is 1. The monoisotopic (exact) mass is 240 g/mol. The summed E-state index contributed by atoms with van der Waals surface area (Å²) >= 11 is 5.91. The highest BCUT2D eigenvalue weighted by Gasteiger charge is 2.11. The first-order chi connectivity index (χ1) is 7.56. The third kappa shape index (κ3) is 2.97. The van der Waals surface area contributed by atoms with Gasteiger partial charge in [0.25, 0.3) is 0 Å². The summed E-state index contributed by atoms with van der Waals surface area (Å²) in [5.74, 6) is -0.978. The van der Waals surface area contributed by atoms with Gasteiger partial charge in [0.15, 0.2) is 0 Å². The third-order valence-corrected chi connectivity index (χ3v) is 2.42. The van der Waals surface area contributed by atoms with Crippen molar-refractivity contribution in [3.63, 3.8) is 0 Å². The molecule has 0 aliphatic rings. The van der Waals surface area contributed by atoms with E-state index in [1.807, 2.05) is 6.92 Å². The number of carbonyl (C=O) groups is 1. The van der Waals surface area contributed by atoms with Crippen LogP contribution in [0.25, 0.3) is 0 Å². The SMILES string of the molecule is CCOC(=O)C(=N)Nc1cccc(Cl)c1C. The van der Waals surface area contributed by atoms with E-state index in [0.717, 1.165) is 5.56 Å². The highest BCUT2D eigenvalue weighted by Crippen LogP contribution is 2.22. The largest absolute Gasteiger partial charge is 0.460 e. The summed E-state index contributed by atoms with van der Waals surface area (Å²) in [5.41, 5.74) is 1.42.